The standard InChI is InChI=1S/C19H13FN2O3S2/c1-11-7-12(26-10-21)5-6-15(11)22-18(23)9-25-19(24)17-8-13-14(20)3-2-4-16(13)27-17/h2-8H,9H2,1H3,(H,22,23). The molecule has 27 heavy (non-hydrogen) atoms. The maximum atomic E-state index is 13.7. The topological polar surface area (TPSA) is 79.2 Å². The number of carbonyl (C=O) groups is 2. The van der Waals surface area contributed by atoms with Crippen LogP contribution in [0.2, 0.25) is 0 Å². The first-order valence-corrected chi connectivity index (χ1v) is 9.43. The largest absolute Gasteiger partial charge is 0.451 e. The van der Waals surface area contributed by atoms with E-state index in [1.807, 2.05) is 5.40 Å². The van der Waals surface area contributed by atoms with E-state index >= 15 is 0 Å². The van der Waals surface area contributed by atoms with Gasteiger partial charge in [0.25, 0.3) is 5.91 Å². The number of thioether (sulfide) groups is 1. The maximum Gasteiger partial charge on any atom is 0.348 e. The molecule has 0 unspecified atom stereocenters. The van der Waals surface area contributed by atoms with Crippen molar-refractivity contribution in [3.8, 4) is 5.40 Å². The van der Waals surface area contributed by atoms with Gasteiger partial charge in [0.2, 0.25) is 0 Å². The third-order valence-electron chi connectivity index (χ3n) is 3.68. The first-order valence-electron chi connectivity index (χ1n) is 7.79. The number of nitrogens with one attached hydrogen (secondary N) is 1. The number of hydrogen-bond acceptors (Lipinski definition) is 6. The van der Waals surface area contributed by atoms with Crippen molar-refractivity contribution in [3.63, 3.8) is 0 Å². The summed E-state index contributed by atoms with van der Waals surface area (Å²) < 4.78 is 19.4. The molecule has 0 aliphatic heterocycles. The molecule has 0 spiro atoms. The summed E-state index contributed by atoms with van der Waals surface area (Å²) in [5, 5.41) is 13.7. The predicted molar refractivity (Wildman–Crippen MR) is 103 cm³/mol. The lowest BCUT2D eigenvalue weighted by molar-refractivity contribution is -0.119. The number of esters is 1. The Morgan fingerprint density at radius 1 is 1.30 bits per heavy atom. The van der Waals surface area contributed by atoms with Crippen LogP contribution >= 0.6 is 23.1 Å². The fourth-order valence-electron chi connectivity index (χ4n) is 2.41. The molecule has 1 heterocycles. The average Bonchev–Trinajstić information content (AvgIpc) is 3.08. The molecule has 0 aliphatic rings. The summed E-state index contributed by atoms with van der Waals surface area (Å²) in [6.45, 7) is 1.35. The second-order valence-corrected chi connectivity index (χ2v) is 7.50. The number of thiophene rings is 1. The molecule has 136 valence electrons. The van der Waals surface area contributed by atoms with Gasteiger partial charge in [0.15, 0.2) is 6.61 Å². The smallest absolute Gasteiger partial charge is 0.348 e. The third kappa shape index (κ3) is 4.45. The normalized spacial score (nSPS) is 10.4. The predicted octanol–water partition coefficient (Wildman–Crippen LogP) is 4.72. The van der Waals surface area contributed by atoms with E-state index in [0.717, 1.165) is 33.6 Å². The number of rotatable bonds is 5. The Balaban J connectivity index is 1.60. The van der Waals surface area contributed by atoms with E-state index < -0.39 is 24.3 Å². The molecule has 0 atom stereocenters. The number of nitrogens with zero attached hydrogens (tertiary/aromatic N) is 1. The zero-order valence-corrected chi connectivity index (χ0v) is 15.7. The van der Waals surface area contributed by atoms with Crippen LogP contribution < -0.4 is 5.32 Å². The zero-order chi connectivity index (χ0) is 19.4. The lowest BCUT2D eigenvalue weighted by atomic mass is 10.2. The highest BCUT2D eigenvalue weighted by Crippen LogP contribution is 2.28. The minimum atomic E-state index is -0.678. The minimum Gasteiger partial charge on any atom is -0.451 e. The van der Waals surface area contributed by atoms with Gasteiger partial charge in [-0.25, -0.2) is 9.18 Å². The fourth-order valence-corrected chi connectivity index (χ4v) is 3.85. The number of thiocyanates is 1. The number of amides is 1. The van der Waals surface area contributed by atoms with Crippen LogP contribution in [0.4, 0.5) is 10.1 Å². The summed E-state index contributed by atoms with van der Waals surface area (Å²) in [4.78, 5) is 25.2. The molecule has 1 amide bonds. The number of carbonyl (C=O) groups excluding carboxylic acids is 2. The molecule has 1 N–H and O–H groups in total. The van der Waals surface area contributed by atoms with E-state index in [9.17, 15) is 14.0 Å². The molecule has 0 aliphatic carbocycles. The second kappa shape index (κ2) is 8.20. The first kappa shape index (κ1) is 18.9. The number of anilines is 1. The summed E-state index contributed by atoms with van der Waals surface area (Å²) >= 11 is 2.14. The summed E-state index contributed by atoms with van der Waals surface area (Å²) in [5.74, 6) is -1.57. The maximum absolute atomic E-state index is 13.7. The molecule has 5 nitrogen and oxygen atoms in total. The van der Waals surface area contributed by atoms with Gasteiger partial charge in [0, 0.05) is 20.7 Å². The van der Waals surface area contributed by atoms with E-state index in [1.165, 1.54) is 12.1 Å². The van der Waals surface area contributed by atoms with Crippen molar-refractivity contribution in [2.75, 3.05) is 11.9 Å². The molecule has 8 heteroatoms. The van der Waals surface area contributed by atoms with Crippen LogP contribution in [0.15, 0.2) is 47.4 Å². The highest BCUT2D eigenvalue weighted by atomic mass is 32.2. The molecular weight excluding hydrogens is 387 g/mol. The number of benzene rings is 2. The Morgan fingerprint density at radius 3 is 2.81 bits per heavy atom. The van der Waals surface area contributed by atoms with Crippen LogP contribution in [-0.4, -0.2) is 18.5 Å². The van der Waals surface area contributed by atoms with Crippen LogP contribution in [0.1, 0.15) is 15.2 Å². The van der Waals surface area contributed by atoms with Crippen molar-refractivity contribution in [1.82, 2.24) is 0 Å². The summed E-state index contributed by atoms with van der Waals surface area (Å²) in [5.41, 5.74) is 1.36. The number of fused-ring (bicyclic) bond motifs is 1. The van der Waals surface area contributed by atoms with E-state index in [1.54, 1.807) is 37.3 Å². The Morgan fingerprint density at radius 2 is 2.11 bits per heavy atom. The monoisotopic (exact) mass is 400 g/mol. The van der Waals surface area contributed by atoms with E-state index in [-0.39, 0.29) is 4.88 Å². The highest BCUT2D eigenvalue weighted by Gasteiger charge is 2.15. The van der Waals surface area contributed by atoms with Crippen LogP contribution in [0.3, 0.4) is 0 Å². The first-order chi connectivity index (χ1) is 13.0. The Labute approximate surface area is 162 Å². The second-order valence-electron chi connectivity index (χ2n) is 5.56. The molecule has 3 rings (SSSR count). The van der Waals surface area contributed by atoms with Gasteiger partial charge in [-0.2, -0.15) is 5.26 Å². The Hall–Kier alpha value is -2.89. The minimum absolute atomic E-state index is 0.233. The number of nitriles is 1. The SMILES string of the molecule is Cc1cc(SC#N)ccc1NC(=O)COC(=O)c1cc2c(F)cccc2s1. The van der Waals surface area contributed by atoms with Crippen molar-refractivity contribution >= 4 is 50.7 Å². The van der Waals surface area contributed by atoms with Crippen LogP contribution in [-0.2, 0) is 9.53 Å². The van der Waals surface area contributed by atoms with Gasteiger partial charge in [-0.3, -0.25) is 4.79 Å². The van der Waals surface area contributed by atoms with Gasteiger partial charge in [-0.05, 0) is 60.6 Å². The van der Waals surface area contributed by atoms with Crippen molar-refractivity contribution < 1.29 is 18.7 Å². The molecule has 0 fully saturated rings. The number of halogens is 1. The molecule has 0 saturated carbocycles. The molecule has 3 aromatic rings. The third-order valence-corrected chi connectivity index (χ3v) is 5.34. The van der Waals surface area contributed by atoms with E-state index in [0.29, 0.717) is 15.8 Å². The average molecular weight is 400 g/mol. The molecule has 0 bridgehead atoms. The summed E-state index contributed by atoms with van der Waals surface area (Å²) in [6, 6.07) is 11.2. The van der Waals surface area contributed by atoms with Crippen molar-refractivity contribution in [2.24, 2.45) is 0 Å². The van der Waals surface area contributed by atoms with Crippen molar-refractivity contribution in [3.05, 3.63) is 58.7 Å². The number of hydrogen-bond donors (Lipinski definition) is 1. The van der Waals surface area contributed by atoms with Crippen molar-refractivity contribution in [2.45, 2.75) is 11.8 Å². The molecule has 1 aromatic heterocycles. The Bertz CT molecular complexity index is 1070. The van der Waals surface area contributed by atoms with Gasteiger partial charge >= 0.3 is 5.97 Å². The molecule has 0 radical (unpaired) electrons. The fraction of sp³-hybridized carbons (Fsp3) is 0.105. The Kier molecular flexibility index (Phi) is 5.74. The van der Waals surface area contributed by atoms with Crippen molar-refractivity contribution in [1.29, 1.82) is 5.26 Å². The van der Waals surface area contributed by atoms with E-state index in [4.69, 9.17) is 10.00 Å². The van der Waals surface area contributed by atoms with Crippen LogP contribution in [0.5, 0.6) is 0 Å². The lowest BCUT2D eigenvalue weighted by Crippen LogP contribution is -2.21. The van der Waals surface area contributed by atoms with Gasteiger partial charge < -0.3 is 10.1 Å². The molecule has 0 saturated heterocycles. The summed E-state index contributed by atoms with van der Waals surface area (Å²) in [6.07, 6.45) is 0. The van der Waals surface area contributed by atoms with Crippen LogP contribution in [0, 0.1) is 23.4 Å². The molecular formula is C19H13FN2O3S2. The van der Waals surface area contributed by atoms with E-state index in [2.05, 4.69) is 5.32 Å². The quantitative estimate of drug-likeness (QED) is 0.381. The lowest BCUT2D eigenvalue weighted by Gasteiger charge is -2.09. The van der Waals surface area contributed by atoms with Gasteiger partial charge in [-0.1, -0.05) is 6.07 Å². The number of ether oxygens (including phenoxy) is 1. The summed E-state index contributed by atoms with van der Waals surface area (Å²) in [7, 11) is 0. The highest BCUT2D eigenvalue weighted by molar-refractivity contribution is 8.03. The zero-order valence-electron chi connectivity index (χ0n) is 14.1. The number of aryl methyl sites for hydroxylation is 1. The van der Waals surface area contributed by atoms with Gasteiger partial charge in [-0.15, -0.1) is 11.3 Å². The van der Waals surface area contributed by atoms with Gasteiger partial charge in [0.1, 0.15) is 16.1 Å². The molecule has 2 aromatic carbocycles. The van der Waals surface area contributed by atoms with Crippen LogP contribution in [0.25, 0.3) is 10.1 Å². The van der Waals surface area contributed by atoms with Gasteiger partial charge in [0.05, 0.1) is 0 Å².